The van der Waals surface area contributed by atoms with E-state index in [1.807, 2.05) is 55.5 Å². The number of aromatic nitrogens is 2. The first-order chi connectivity index (χ1) is 19.5. The van der Waals surface area contributed by atoms with Crippen LogP contribution >= 0.6 is 11.6 Å². The Balaban J connectivity index is 1.40. The number of anilines is 1. The predicted octanol–water partition coefficient (Wildman–Crippen LogP) is 6.38. The van der Waals surface area contributed by atoms with Gasteiger partial charge in [-0.05, 0) is 60.0 Å². The number of methoxy groups -OCH3 is 1. The SMILES string of the molecule is COc1ccc(CN2CCN(c3c(Cc4ccc(Cl)cc4)c(C)c(C#N)c4nc5ccccc5n34)CC2)cc1F. The van der Waals surface area contributed by atoms with Crippen molar-refractivity contribution in [2.24, 2.45) is 0 Å². The molecule has 6 nitrogen and oxygen atoms in total. The van der Waals surface area contributed by atoms with Gasteiger partial charge in [0.05, 0.1) is 23.7 Å². The summed E-state index contributed by atoms with van der Waals surface area (Å²) in [5.41, 5.74) is 7.25. The molecule has 0 amide bonds. The van der Waals surface area contributed by atoms with Gasteiger partial charge in [0, 0.05) is 49.7 Å². The number of pyridine rings is 1. The van der Waals surface area contributed by atoms with Crippen LogP contribution in [-0.2, 0) is 13.0 Å². The van der Waals surface area contributed by atoms with Gasteiger partial charge in [-0.25, -0.2) is 9.37 Å². The van der Waals surface area contributed by atoms with Gasteiger partial charge >= 0.3 is 0 Å². The lowest BCUT2D eigenvalue weighted by molar-refractivity contribution is 0.248. The number of para-hydroxylation sites is 2. The standard InChI is InChI=1S/C32H29ClFN5O/c1-21-25(17-22-7-10-24(33)11-8-22)32(39-29-6-4-3-5-28(29)36-31(39)26(21)19-35)38-15-13-37(14-16-38)20-23-9-12-30(40-2)27(34)18-23/h3-12,18H,13-17,20H2,1-2H3. The summed E-state index contributed by atoms with van der Waals surface area (Å²) in [6.45, 7) is 5.92. The van der Waals surface area contributed by atoms with Crippen molar-refractivity contribution < 1.29 is 9.13 Å². The summed E-state index contributed by atoms with van der Waals surface area (Å²) in [5, 5.41) is 10.9. The van der Waals surface area contributed by atoms with E-state index in [1.165, 1.54) is 7.11 Å². The van der Waals surface area contributed by atoms with Crippen molar-refractivity contribution in [3.8, 4) is 11.8 Å². The number of hydrogen-bond acceptors (Lipinski definition) is 5. The first-order valence-electron chi connectivity index (χ1n) is 13.3. The van der Waals surface area contributed by atoms with Crippen molar-refractivity contribution in [2.45, 2.75) is 19.9 Å². The Morgan fingerprint density at radius 2 is 1.73 bits per heavy atom. The topological polar surface area (TPSA) is 56.8 Å². The molecule has 6 rings (SSSR count). The normalized spacial score (nSPS) is 14.1. The third-order valence-electron chi connectivity index (χ3n) is 7.79. The van der Waals surface area contributed by atoms with Crippen molar-refractivity contribution in [1.82, 2.24) is 14.3 Å². The summed E-state index contributed by atoms with van der Waals surface area (Å²) >= 11 is 6.18. The highest BCUT2D eigenvalue weighted by Crippen LogP contribution is 2.35. The molecular weight excluding hydrogens is 525 g/mol. The Kier molecular flexibility index (Phi) is 7.05. The summed E-state index contributed by atoms with van der Waals surface area (Å²) in [4.78, 5) is 9.65. The number of benzene rings is 3. The number of hydrogen-bond donors (Lipinski definition) is 0. The molecule has 0 atom stereocenters. The molecule has 8 heteroatoms. The van der Waals surface area contributed by atoms with Crippen molar-refractivity contribution in [3.63, 3.8) is 0 Å². The van der Waals surface area contributed by atoms with Crippen LogP contribution in [-0.4, -0.2) is 47.6 Å². The van der Waals surface area contributed by atoms with Crippen LogP contribution in [0.4, 0.5) is 10.2 Å². The van der Waals surface area contributed by atoms with E-state index in [1.54, 1.807) is 12.1 Å². The summed E-state index contributed by atoms with van der Waals surface area (Å²) in [5.74, 6) is 0.993. The highest BCUT2D eigenvalue weighted by molar-refractivity contribution is 6.30. The zero-order chi connectivity index (χ0) is 27.8. The summed E-state index contributed by atoms with van der Waals surface area (Å²) in [7, 11) is 1.48. The minimum atomic E-state index is -0.340. The van der Waals surface area contributed by atoms with Crippen LogP contribution in [0.2, 0.25) is 5.02 Å². The van der Waals surface area contributed by atoms with Gasteiger partial charge in [-0.15, -0.1) is 0 Å². The fourth-order valence-electron chi connectivity index (χ4n) is 5.70. The quantitative estimate of drug-likeness (QED) is 0.244. The van der Waals surface area contributed by atoms with E-state index in [0.29, 0.717) is 29.2 Å². The maximum absolute atomic E-state index is 14.3. The molecular formula is C32H29ClFN5O. The number of imidazole rings is 1. The monoisotopic (exact) mass is 553 g/mol. The van der Waals surface area contributed by atoms with E-state index in [-0.39, 0.29) is 11.6 Å². The molecule has 0 N–H and O–H groups in total. The number of fused-ring (bicyclic) bond motifs is 3. The fourth-order valence-corrected chi connectivity index (χ4v) is 5.82. The maximum Gasteiger partial charge on any atom is 0.165 e. The number of ether oxygens (including phenoxy) is 1. The Morgan fingerprint density at radius 3 is 2.42 bits per heavy atom. The van der Waals surface area contributed by atoms with Gasteiger partial charge in [-0.2, -0.15) is 5.26 Å². The highest BCUT2D eigenvalue weighted by Gasteiger charge is 2.27. The van der Waals surface area contributed by atoms with Crippen LogP contribution in [0, 0.1) is 24.1 Å². The number of piperazine rings is 1. The fraction of sp³-hybridized carbons (Fsp3) is 0.250. The second kappa shape index (κ2) is 10.8. The maximum atomic E-state index is 14.3. The number of nitriles is 1. The number of rotatable bonds is 6. The molecule has 1 saturated heterocycles. The van der Waals surface area contributed by atoms with E-state index in [2.05, 4.69) is 26.3 Å². The minimum Gasteiger partial charge on any atom is -0.494 e. The van der Waals surface area contributed by atoms with Gasteiger partial charge in [0.15, 0.2) is 17.2 Å². The van der Waals surface area contributed by atoms with E-state index >= 15 is 0 Å². The molecule has 40 heavy (non-hydrogen) atoms. The average molecular weight is 554 g/mol. The smallest absolute Gasteiger partial charge is 0.165 e. The summed E-state index contributed by atoms with van der Waals surface area (Å²) < 4.78 is 21.5. The molecule has 5 aromatic rings. The lowest BCUT2D eigenvalue weighted by atomic mass is 9.97. The van der Waals surface area contributed by atoms with E-state index < -0.39 is 0 Å². The van der Waals surface area contributed by atoms with E-state index in [4.69, 9.17) is 21.3 Å². The van der Waals surface area contributed by atoms with Crippen LogP contribution in [0.1, 0.15) is 27.8 Å². The lowest BCUT2D eigenvalue weighted by Crippen LogP contribution is -2.47. The van der Waals surface area contributed by atoms with Crippen molar-refractivity contribution in [2.75, 3.05) is 38.2 Å². The second-order valence-corrected chi connectivity index (χ2v) is 10.6. The summed E-state index contributed by atoms with van der Waals surface area (Å²) in [6.07, 6.45) is 0.667. The van der Waals surface area contributed by atoms with Gasteiger partial charge in [0.25, 0.3) is 0 Å². The molecule has 0 saturated carbocycles. The number of nitrogens with zero attached hydrogens (tertiary/aromatic N) is 5. The highest BCUT2D eigenvalue weighted by atomic mass is 35.5. The third-order valence-corrected chi connectivity index (χ3v) is 8.05. The van der Waals surface area contributed by atoms with Crippen LogP contribution in [0.5, 0.6) is 5.75 Å². The molecule has 0 bridgehead atoms. The van der Waals surface area contributed by atoms with Crippen LogP contribution in [0.15, 0.2) is 66.7 Å². The second-order valence-electron chi connectivity index (χ2n) is 10.2. The first kappa shape index (κ1) is 26.1. The summed E-state index contributed by atoms with van der Waals surface area (Å²) in [6, 6.07) is 23.5. The van der Waals surface area contributed by atoms with Gasteiger partial charge < -0.3 is 9.64 Å². The Labute approximate surface area is 237 Å². The number of halogens is 2. The first-order valence-corrected chi connectivity index (χ1v) is 13.7. The molecule has 2 aromatic heterocycles. The predicted molar refractivity (Wildman–Crippen MR) is 157 cm³/mol. The zero-order valence-corrected chi connectivity index (χ0v) is 23.2. The molecule has 1 aliphatic heterocycles. The lowest BCUT2D eigenvalue weighted by Gasteiger charge is -2.38. The van der Waals surface area contributed by atoms with Crippen LogP contribution in [0.25, 0.3) is 16.7 Å². The third kappa shape index (κ3) is 4.74. The Morgan fingerprint density at radius 1 is 1.00 bits per heavy atom. The molecule has 0 radical (unpaired) electrons. The molecule has 0 aliphatic carbocycles. The van der Waals surface area contributed by atoms with Gasteiger partial charge in [-0.3, -0.25) is 9.30 Å². The average Bonchev–Trinajstić information content (AvgIpc) is 3.34. The van der Waals surface area contributed by atoms with Crippen LogP contribution < -0.4 is 9.64 Å². The van der Waals surface area contributed by atoms with Gasteiger partial charge in [-0.1, -0.05) is 41.9 Å². The van der Waals surface area contributed by atoms with Crippen molar-refractivity contribution in [1.29, 1.82) is 5.26 Å². The molecule has 3 aromatic carbocycles. The Bertz CT molecular complexity index is 1750. The molecule has 1 aliphatic rings. The Hall–Kier alpha value is -4.12. The molecule has 3 heterocycles. The van der Waals surface area contributed by atoms with Crippen LogP contribution in [0.3, 0.4) is 0 Å². The molecule has 0 spiro atoms. The van der Waals surface area contributed by atoms with Crippen molar-refractivity contribution >= 4 is 34.1 Å². The molecule has 1 fully saturated rings. The molecule has 0 unspecified atom stereocenters. The van der Waals surface area contributed by atoms with E-state index in [0.717, 1.165) is 65.3 Å². The van der Waals surface area contributed by atoms with Gasteiger partial charge in [0.2, 0.25) is 0 Å². The van der Waals surface area contributed by atoms with Crippen molar-refractivity contribution in [3.05, 3.63) is 105 Å². The minimum absolute atomic E-state index is 0.259. The zero-order valence-electron chi connectivity index (χ0n) is 22.5. The van der Waals surface area contributed by atoms with Gasteiger partial charge in [0.1, 0.15) is 11.9 Å². The largest absolute Gasteiger partial charge is 0.494 e. The van der Waals surface area contributed by atoms with E-state index in [9.17, 15) is 9.65 Å². The molecule has 202 valence electrons.